The standard InChI is InChI=1S/C16H20ClNOS.C2H6/c1-9(2)10-4-5-12-15(16(10)17)14-11(8-18-3)19-7-6-13(14)20-12;1-2/h4-5,9,11,18H,6-8H2,1-3H3;1-2H3. The fraction of sp³-hybridized carbons (Fsp3) is 0.556. The number of halogens is 1. The first-order valence-corrected chi connectivity index (χ1v) is 9.32. The first-order valence-electron chi connectivity index (χ1n) is 8.13. The molecule has 1 aliphatic rings. The van der Waals surface area contributed by atoms with Gasteiger partial charge in [-0.1, -0.05) is 45.4 Å². The molecule has 2 aromatic rings. The van der Waals surface area contributed by atoms with E-state index in [4.69, 9.17) is 16.3 Å². The van der Waals surface area contributed by atoms with Crippen molar-refractivity contribution in [2.45, 2.75) is 46.1 Å². The molecule has 22 heavy (non-hydrogen) atoms. The molecule has 1 aromatic carbocycles. The van der Waals surface area contributed by atoms with Crippen molar-refractivity contribution in [2.24, 2.45) is 0 Å². The van der Waals surface area contributed by atoms with Gasteiger partial charge in [-0.05, 0) is 24.6 Å². The number of benzene rings is 1. The van der Waals surface area contributed by atoms with Crippen LogP contribution < -0.4 is 5.32 Å². The van der Waals surface area contributed by atoms with Gasteiger partial charge in [0.25, 0.3) is 0 Å². The zero-order valence-electron chi connectivity index (χ0n) is 14.1. The molecule has 1 aromatic heterocycles. The van der Waals surface area contributed by atoms with Crippen LogP contribution in [-0.2, 0) is 11.2 Å². The molecule has 0 radical (unpaired) electrons. The van der Waals surface area contributed by atoms with Crippen LogP contribution in [0.2, 0.25) is 5.02 Å². The van der Waals surface area contributed by atoms with Gasteiger partial charge in [0.05, 0.1) is 17.7 Å². The maximum Gasteiger partial charge on any atom is 0.0966 e. The summed E-state index contributed by atoms with van der Waals surface area (Å²) in [5.74, 6) is 0.440. The van der Waals surface area contributed by atoms with E-state index < -0.39 is 0 Å². The van der Waals surface area contributed by atoms with Crippen molar-refractivity contribution in [1.82, 2.24) is 5.32 Å². The summed E-state index contributed by atoms with van der Waals surface area (Å²) in [4.78, 5) is 1.44. The molecule has 3 rings (SSSR count). The average molecular weight is 340 g/mol. The van der Waals surface area contributed by atoms with Gasteiger partial charge in [-0.15, -0.1) is 11.3 Å². The van der Waals surface area contributed by atoms with E-state index in [9.17, 15) is 0 Å². The monoisotopic (exact) mass is 339 g/mol. The lowest BCUT2D eigenvalue weighted by molar-refractivity contribution is 0.0462. The fourth-order valence-electron chi connectivity index (χ4n) is 2.93. The van der Waals surface area contributed by atoms with E-state index >= 15 is 0 Å². The summed E-state index contributed by atoms with van der Waals surface area (Å²) >= 11 is 8.58. The average Bonchev–Trinajstić information content (AvgIpc) is 2.90. The first-order chi connectivity index (χ1) is 10.6. The van der Waals surface area contributed by atoms with Crippen LogP contribution in [0.15, 0.2) is 12.1 Å². The van der Waals surface area contributed by atoms with Crippen molar-refractivity contribution in [3.05, 3.63) is 33.2 Å². The second-order valence-electron chi connectivity index (χ2n) is 5.60. The van der Waals surface area contributed by atoms with Crippen LogP contribution in [0.25, 0.3) is 10.1 Å². The quantitative estimate of drug-likeness (QED) is 0.792. The Kier molecular flexibility index (Phi) is 6.27. The van der Waals surface area contributed by atoms with Crippen LogP contribution >= 0.6 is 22.9 Å². The van der Waals surface area contributed by atoms with Crippen LogP contribution in [0.5, 0.6) is 0 Å². The zero-order chi connectivity index (χ0) is 16.3. The van der Waals surface area contributed by atoms with E-state index in [-0.39, 0.29) is 6.10 Å². The van der Waals surface area contributed by atoms with Crippen molar-refractivity contribution in [3.63, 3.8) is 0 Å². The minimum absolute atomic E-state index is 0.123. The molecule has 1 aliphatic heterocycles. The summed E-state index contributed by atoms with van der Waals surface area (Å²) < 4.78 is 7.24. The molecule has 0 aliphatic carbocycles. The summed E-state index contributed by atoms with van der Waals surface area (Å²) in [7, 11) is 1.97. The second kappa shape index (κ2) is 7.78. The Labute approximate surface area is 142 Å². The van der Waals surface area contributed by atoms with Gasteiger partial charge in [0, 0.05) is 33.5 Å². The highest BCUT2D eigenvalue weighted by molar-refractivity contribution is 7.19. The highest BCUT2D eigenvalue weighted by atomic mass is 35.5. The molecule has 1 unspecified atom stereocenters. The summed E-state index contributed by atoms with van der Waals surface area (Å²) in [6.45, 7) is 10.0. The van der Waals surface area contributed by atoms with Crippen LogP contribution in [-0.4, -0.2) is 20.2 Å². The number of fused-ring (bicyclic) bond motifs is 3. The molecule has 2 nitrogen and oxygen atoms in total. The lowest BCUT2D eigenvalue weighted by atomic mass is 9.96. The zero-order valence-corrected chi connectivity index (χ0v) is 15.7. The van der Waals surface area contributed by atoms with E-state index in [1.165, 1.54) is 26.1 Å². The Morgan fingerprint density at radius 1 is 1.36 bits per heavy atom. The van der Waals surface area contributed by atoms with Crippen LogP contribution in [0.3, 0.4) is 0 Å². The molecule has 1 N–H and O–H groups in total. The third kappa shape index (κ3) is 3.18. The lowest BCUT2D eigenvalue weighted by Gasteiger charge is -2.24. The number of nitrogens with one attached hydrogen (secondary N) is 1. The van der Waals surface area contributed by atoms with Gasteiger partial charge in [0.2, 0.25) is 0 Å². The van der Waals surface area contributed by atoms with Gasteiger partial charge < -0.3 is 10.1 Å². The molecular weight excluding hydrogens is 314 g/mol. The Balaban J connectivity index is 0.000000847. The summed E-state index contributed by atoms with van der Waals surface area (Å²) in [5, 5.41) is 5.36. The Bertz CT molecular complexity index is 636. The highest BCUT2D eigenvalue weighted by Crippen LogP contribution is 2.44. The number of thiophene rings is 1. The molecule has 0 saturated carbocycles. The van der Waals surface area contributed by atoms with Gasteiger partial charge in [0.15, 0.2) is 0 Å². The number of likely N-dealkylation sites (N-methyl/N-ethyl adjacent to an activating group) is 1. The van der Waals surface area contributed by atoms with Gasteiger partial charge in [0.1, 0.15) is 0 Å². The van der Waals surface area contributed by atoms with Crippen LogP contribution in [0.4, 0.5) is 0 Å². The predicted octanol–water partition coefficient (Wildman–Crippen LogP) is 5.54. The predicted molar refractivity (Wildman–Crippen MR) is 98.6 cm³/mol. The maximum absolute atomic E-state index is 6.71. The van der Waals surface area contributed by atoms with E-state index in [1.54, 1.807) is 0 Å². The topological polar surface area (TPSA) is 21.3 Å². The van der Waals surface area contributed by atoms with Crippen molar-refractivity contribution in [2.75, 3.05) is 20.2 Å². The molecule has 0 fully saturated rings. The molecule has 0 amide bonds. The number of ether oxygens (including phenoxy) is 1. The number of rotatable bonds is 3. The summed E-state index contributed by atoms with van der Waals surface area (Å²) in [6.07, 6.45) is 1.12. The van der Waals surface area contributed by atoms with Gasteiger partial charge in [-0.2, -0.15) is 0 Å². The Morgan fingerprint density at radius 3 is 2.73 bits per heavy atom. The number of hydrogen-bond donors (Lipinski definition) is 1. The van der Waals surface area contributed by atoms with E-state index in [0.29, 0.717) is 5.92 Å². The molecule has 122 valence electrons. The minimum Gasteiger partial charge on any atom is -0.372 e. The molecule has 4 heteroatoms. The van der Waals surface area contributed by atoms with Crippen molar-refractivity contribution >= 4 is 33.0 Å². The summed E-state index contributed by atoms with van der Waals surface area (Å²) in [6, 6.07) is 4.39. The molecule has 2 heterocycles. The second-order valence-corrected chi connectivity index (χ2v) is 7.12. The van der Waals surface area contributed by atoms with E-state index in [1.807, 2.05) is 32.2 Å². The third-order valence-electron chi connectivity index (χ3n) is 3.92. The van der Waals surface area contributed by atoms with E-state index in [2.05, 4.69) is 31.3 Å². The normalized spacial score (nSPS) is 17.3. The first kappa shape index (κ1) is 17.7. The Hall–Kier alpha value is -0.610. The number of hydrogen-bond acceptors (Lipinski definition) is 3. The van der Waals surface area contributed by atoms with Crippen LogP contribution in [0.1, 0.15) is 55.7 Å². The van der Waals surface area contributed by atoms with Crippen LogP contribution in [0, 0.1) is 0 Å². The molecule has 0 saturated heterocycles. The van der Waals surface area contributed by atoms with Crippen molar-refractivity contribution in [3.8, 4) is 0 Å². The maximum atomic E-state index is 6.71. The molecular formula is C18H26ClNOS. The van der Waals surface area contributed by atoms with Crippen molar-refractivity contribution < 1.29 is 4.74 Å². The van der Waals surface area contributed by atoms with Gasteiger partial charge >= 0.3 is 0 Å². The van der Waals surface area contributed by atoms with E-state index in [0.717, 1.165) is 24.6 Å². The smallest absolute Gasteiger partial charge is 0.0966 e. The molecule has 0 spiro atoms. The SMILES string of the molecule is CC.CNCC1OCCc2sc3ccc(C(C)C)c(Cl)c3c21. The lowest BCUT2D eigenvalue weighted by Crippen LogP contribution is -2.24. The summed E-state index contributed by atoms with van der Waals surface area (Å²) in [5.41, 5.74) is 2.55. The molecule has 0 bridgehead atoms. The molecule has 1 atom stereocenters. The van der Waals surface area contributed by atoms with Crippen molar-refractivity contribution in [1.29, 1.82) is 0 Å². The van der Waals surface area contributed by atoms with Gasteiger partial charge in [-0.25, -0.2) is 0 Å². The van der Waals surface area contributed by atoms with Gasteiger partial charge in [-0.3, -0.25) is 0 Å². The highest BCUT2D eigenvalue weighted by Gasteiger charge is 2.27. The largest absolute Gasteiger partial charge is 0.372 e. The Morgan fingerprint density at radius 2 is 2.09 bits per heavy atom. The third-order valence-corrected chi connectivity index (χ3v) is 5.56. The fourth-order valence-corrected chi connectivity index (χ4v) is 4.72. The minimum atomic E-state index is 0.123.